The minimum atomic E-state index is 0.678. The molecular formula is C18H18Cl2N2S. The van der Waals surface area contributed by atoms with Crippen molar-refractivity contribution in [1.29, 1.82) is 0 Å². The standard InChI is InChI=1S/C18H18Cl2N2S/c1-22-16-10-3-2-6-12(16)13(7-5-11-21)18(22)23-17-14(19)8-4-9-15(17)20/h2-4,6,8-10H,5,7,11,21H2,1H3. The van der Waals surface area contributed by atoms with Crippen LogP contribution in [-0.4, -0.2) is 11.1 Å². The highest BCUT2D eigenvalue weighted by Crippen LogP contribution is 2.42. The Hall–Kier alpha value is -1.13. The van der Waals surface area contributed by atoms with Crippen LogP contribution in [0, 0.1) is 0 Å². The number of hydrogen-bond donors (Lipinski definition) is 1. The number of halogens is 2. The maximum Gasteiger partial charge on any atom is 0.0838 e. The van der Waals surface area contributed by atoms with Crippen LogP contribution in [0.25, 0.3) is 10.9 Å². The van der Waals surface area contributed by atoms with Crippen LogP contribution in [0.2, 0.25) is 10.0 Å². The fourth-order valence-corrected chi connectivity index (χ4v) is 4.50. The van der Waals surface area contributed by atoms with Crippen LogP contribution in [0.15, 0.2) is 52.4 Å². The number of aryl methyl sites for hydroxylation is 2. The van der Waals surface area contributed by atoms with Crippen LogP contribution in [0.4, 0.5) is 0 Å². The fourth-order valence-electron chi connectivity index (χ4n) is 2.78. The van der Waals surface area contributed by atoms with E-state index in [1.165, 1.54) is 21.5 Å². The number of rotatable bonds is 5. The molecule has 2 aromatic carbocycles. The first-order valence-electron chi connectivity index (χ1n) is 7.51. The van der Waals surface area contributed by atoms with Crippen molar-refractivity contribution < 1.29 is 0 Å². The lowest BCUT2D eigenvalue weighted by atomic mass is 10.1. The Balaban J connectivity index is 2.14. The second-order valence-electron chi connectivity index (χ2n) is 5.40. The molecule has 3 aromatic rings. The van der Waals surface area contributed by atoms with Gasteiger partial charge >= 0.3 is 0 Å². The molecule has 0 spiro atoms. The Morgan fingerprint density at radius 2 is 1.74 bits per heavy atom. The zero-order valence-electron chi connectivity index (χ0n) is 12.9. The average Bonchev–Trinajstić information content (AvgIpc) is 2.81. The normalized spacial score (nSPS) is 11.3. The van der Waals surface area contributed by atoms with Gasteiger partial charge in [-0.15, -0.1) is 0 Å². The Labute approximate surface area is 150 Å². The van der Waals surface area contributed by atoms with Gasteiger partial charge in [-0.05, 0) is 43.1 Å². The van der Waals surface area contributed by atoms with Crippen molar-refractivity contribution in [1.82, 2.24) is 4.57 Å². The van der Waals surface area contributed by atoms with Crippen LogP contribution in [0.5, 0.6) is 0 Å². The molecule has 120 valence electrons. The van der Waals surface area contributed by atoms with Crippen molar-refractivity contribution in [3.8, 4) is 0 Å². The first-order valence-corrected chi connectivity index (χ1v) is 9.09. The Kier molecular flexibility index (Phi) is 5.22. The maximum absolute atomic E-state index is 6.35. The third kappa shape index (κ3) is 3.24. The van der Waals surface area contributed by atoms with Crippen molar-refractivity contribution >= 4 is 45.9 Å². The first-order chi connectivity index (χ1) is 11.1. The highest BCUT2D eigenvalue weighted by atomic mass is 35.5. The van der Waals surface area contributed by atoms with Gasteiger partial charge in [-0.3, -0.25) is 0 Å². The molecule has 0 unspecified atom stereocenters. The van der Waals surface area contributed by atoms with E-state index in [2.05, 4.69) is 35.9 Å². The molecule has 23 heavy (non-hydrogen) atoms. The monoisotopic (exact) mass is 364 g/mol. The minimum Gasteiger partial charge on any atom is -0.338 e. The van der Waals surface area contributed by atoms with Crippen molar-refractivity contribution in [3.05, 3.63) is 58.1 Å². The van der Waals surface area contributed by atoms with Crippen LogP contribution >= 0.6 is 35.0 Å². The number of benzene rings is 2. The summed E-state index contributed by atoms with van der Waals surface area (Å²) >= 11 is 14.3. The van der Waals surface area contributed by atoms with E-state index in [4.69, 9.17) is 28.9 Å². The topological polar surface area (TPSA) is 30.9 Å². The SMILES string of the molecule is Cn1c(Sc2c(Cl)cccc2Cl)c(CCCN)c2ccccc21. The fraction of sp³-hybridized carbons (Fsp3) is 0.222. The van der Waals surface area contributed by atoms with E-state index in [9.17, 15) is 0 Å². The van der Waals surface area contributed by atoms with Gasteiger partial charge in [0.05, 0.1) is 20.0 Å². The summed E-state index contributed by atoms with van der Waals surface area (Å²) in [6, 6.07) is 14.1. The van der Waals surface area contributed by atoms with Gasteiger partial charge < -0.3 is 10.3 Å². The summed E-state index contributed by atoms with van der Waals surface area (Å²) in [6.45, 7) is 0.681. The molecule has 0 aliphatic carbocycles. The number of hydrogen-bond acceptors (Lipinski definition) is 2. The predicted molar refractivity (Wildman–Crippen MR) is 101 cm³/mol. The predicted octanol–water partition coefficient (Wildman–Crippen LogP) is 5.53. The number of fused-ring (bicyclic) bond motifs is 1. The third-order valence-electron chi connectivity index (χ3n) is 3.90. The second-order valence-corrected chi connectivity index (χ2v) is 7.22. The number of nitrogens with zero attached hydrogens (tertiary/aromatic N) is 1. The molecule has 3 rings (SSSR count). The zero-order valence-corrected chi connectivity index (χ0v) is 15.2. The summed E-state index contributed by atoms with van der Waals surface area (Å²) in [5.74, 6) is 0. The van der Waals surface area contributed by atoms with Gasteiger partial charge in [0.1, 0.15) is 0 Å². The van der Waals surface area contributed by atoms with Gasteiger partial charge in [-0.1, -0.05) is 59.2 Å². The van der Waals surface area contributed by atoms with E-state index in [-0.39, 0.29) is 0 Å². The molecule has 1 aromatic heterocycles. The van der Waals surface area contributed by atoms with Crippen LogP contribution < -0.4 is 5.73 Å². The van der Waals surface area contributed by atoms with Gasteiger partial charge in [-0.2, -0.15) is 0 Å². The molecule has 2 nitrogen and oxygen atoms in total. The molecule has 1 heterocycles. The molecule has 0 aliphatic heterocycles. The van der Waals surface area contributed by atoms with Crippen molar-refractivity contribution in [3.63, 3.8) is 0 Å². The summed E-state index contributed by atoms with van der Waals surface area (Å²) in [5.41, 5.74) is 8.25. The van der Waals surface area contributed by atoms with Crippen LogP contribution in [0.3, 0.4) is 0 Å². The lowest BCUT2D eigenvalue weighted by Gasteiger charge is -2.10. The molecule has 0 atom stereocenters. The molecule has 0 saturated heterocycles. The molecule has 5 heteroatoms. The Bertz CT molecular complexity index is 822. The maximum atomic E-state index is 6.35. The van der Waals surface area contributed by atoms with Gasteiger partial charge in [0.2, 0.25) is 0 Å². The molecule has 0 amide bonds. The highest BCUT2D eigenvalue weighted by Gasteiger charge is 2.18. The molecular weight excluding hydrogens is 347 g/mol. The molecule has 0 aliphatic rings. The summed E-state index contributed by atoms with van der Waals surface area (Å²) in [7, 11) is 2.08. The van der Waals surface area contributed by atoms with E-state index in [1.807, 2.05) is 18.2 Å². The van der Waals surface area contributed by atoms with Crippen molar-refractivity contribution in [2.24, 2.45) is 12.8 Å². The molecule has 0 saturated carbocycles. The molecule has 2 N–H and O–H groups in total. The van der Waals surface area contributed by atoms with Gasteiger partial charge in [0.15, 0.2) is 0 Å². The lowest BCUT2D eigenvalue weighted by molar-refractivity contribution is 0.786. The molecule has 0 fully saturated rings. The van der Waals surface area contributed by atoms with E-state index in [1.54, 1.807) is 11.8 Å². The van der Waals surface area contributed by atoms with E-state index in [0.717, 1.165) is 17.7 Å². The Morgan fingerprint density at radius 1 is 1.04 bits per heavy atom. The van der Waals surface area contributed by atoms with Crippen molar-refractivity contribution in [2.75, 3.05) is 6.54 Å². The number of aromatic nitrogens is 1. The van der Waals surface area contributed by atoms with Crippen molar-refractivity contribution in [2.45, 2.75) is 22.8 Å². The smallest absolute Gasteiger partial charge is 0.0838 e. The van der Waals surface area contributed by atoms with E-state index >= 15 is 0 Å². The van der Waals surface area contributed by atoms with E-state index < -0.39 is 0 Å². The molecule has 0 bridgehead atoms. The third-order valence-corrected chi connectivity index (χ3v) is 6.11. The summed E-state index contributed by atoms with van der Waals surface area (Å²) < 4.78 is 2.21. The summed E-state index contributed by atoms with van der Waals surface area (Å²) in [6.07, 6.45) is 1.90. The summed E-state index contributed by atoms with van der Waals surface area (Å²) in [5, 5.41) is 3.80. The minimum absolute atomic E-state index is 0.678. The highest BCUT2D eigenvalue weighted by molar-refractivity contribution is 7.99. The second kappa shape index (κ2) is 7.18. The van der Waals surface area contributed by atoms with Gasteiger partial charge in [-0.25, -0.2) is 0 Å². The first kappa shape index (κ1) is 16.7. The van der Waals surface area contributed by atoms with Crippen LogP contribution in [-0.2, 0) is 13.5 Å². The van der Waals surface area contributed by atoms with E-state index in [0.29, 0.717) is 16.6 Å². The van der Waals surface area contributed by atoms with Crippen LogP contribution in [0.1, 0.15) is 12.0 Å². The van der Waals surface area contributed by atoms with Gasteiger partial charge in [0, 0.05) is 18.0 Å². The average molecular weight is 365 g/mol. The zero-order chi connectivity index (χ0) is 16.4. The number of para-hydroxylation sites is 1. The Morgan fingerprint density at radius 3 is 2.43 bits per heavy atom. The quantitative estimate of drug-likeness (QED) is 0.645. The van der Waals surface area contributed by atoms with Gasteiger partial charge in [0.25, 0.3) is 0 Å². The summed E-state index contributed by atoms with van der Waals surface area (Å²) in [4.78, 5) is 0.899. The largest absolute Gasteiger partial charge is 0.338 e. The molecule has 0 radical (unpaired) electrons. The number of nitrogens with two attached hydrogens (primary N) is 1. The lowest BCUT2D eigenvalue weighted by Crippen LogP contribution is -2.01.